The second-order valence-corrected chi connectivity index (χ2v) is 5.35. The number of ether oxygens (including phenoxy) is 3. The van der Waals surface area contributed by atoms with E-state index in [0.29, 0.717) is 30.2 Å². The number of aliphatic imine (C=N–C) groups is 1. The topological polar surface area (TPSA) is 78.1 Å². The molecule has 2 aromatic carbocycles. The molecule has 3 N–H and O–H groups in total. The van der Waals surface area contributed by atoms with E-state index in [0.717, 1.165) is 0 Å². The first kappa shape index (κ1) is 23.7. The van der Waals surface area contributed by atoms with E-state index in [2.05, 4.69) is 15.0 Å². The van der Waals surface area contributed by atoms with Gasteiger partial charge in [-0.05, 0) is 29.8 Å². The Morgan fingerprint density at radius 3 is 2.39 bits per heavy atom. The molecule has 0 aliphatic carbocycles. The Morgan fingerprint density at radius 1 is 1.07 bits per heavy atom. The smallest absolute Gasteiger partial charge is 0.497 e. The number of rotatable bonds is 8. The summed E-state index contributed by atoms with van der Waals surface area (Å²) in [5, 5.41) is 2.89. The molecule has 0 atom stereocenters. The van der Waals surface area contributed by atoms with Crippen LogP contribution in [0.15, 0.2) is 53.5 Å². The van der Waals surface area contributed by atoms with E-state index in [1.54, 1.807) is 13.2 Å². The largest absolute Gasteiger partial charge is 0.573 e. The highest BCUT2D eigenvalue weighted by atomic mass is 127. The van der Waals surface area contributed by atoms with E-state index >= 15 is 0 Å². The summed E-state index contributed by atoms with van der Waals surface area (Å²) in [5.41, 5.74) is 6.45. The van der Waals surface area contributed by atoms with Crippen LogP contribution in [0.4, 0.5) is 13.2 Å². The molecule has 0 bridgehead atoms. The molecule has 0 saturated carbocycles. The van der Waals surface area contributed by atoms with E-state index in [-0.39, 0.29) is 42.2 Å². The van der Waals surface area contributed by atoms with Crippen molar-refractivity contribution >= 4 is 29.9 Å². The van der Waals surface area contributed by atoms with Gasteiger partial charge in [0.1, 0.15) is 23.9 Å². The van der Waals surface area contributed by atoms with Gasteiger partial charge in [-0.15, -0.1) is 37.1 Å². The van der Waals surface area contributed by atoms with Gasteiger partial charge in [-0.3, -0.25) is 0 Å². The van der Waals surface area contributed by atoms with Crippen LogP contribution in [-0.2, 0) is 6.54 Å². The van der Waals surface area contributed by atoms with Gasteiger partial charge in [-0.25, -0.2) is 4.99 Å². The lowest BCUT2D eigenvalue weighted by Gasteiger charge is -2.10. The molecule has 0 heterocycles. The Hall–Kier alpha value is -2.37. The maximum Gasteiger partial charge on any atom is 0.573 e. The zero-order valence-corrected chi connectivity index (χ0v) is 17.4. The maximum absolute atomic E-state index is 12.1. The van der Waals surface area contributed by atoms with Crippen molar-refractivity contribution < 1.29 is 27.4 Å². The molecule has 6 nitrogen and oxygen atoms in total. The summed E-state index contributed by atoms with van der Waals surface area (Å²) < 4.78 is 50.8. The summed E-state index contributed by atoms with van der Waals surface area (Å²) in [6.07, 6.45) is -4.71. The molecule has 2 rings (SSSR count). The number of benzene rings is 2. The number of nitrogens with two attached hydrogens (primary N) is 1. The van der Waals surface area contributed by atoms with E-state index in [1.807, 2.05) is 18.2 Å². The van der Waals surface area contributed by atoms with Gasteiger partial charge in [-0.2, -0.15) is 0 Å². The third kappa shape index (κ3) is 9.02. The number of guanidine groups is 1. The van der Waals surface area contributed by atoms with Gasteiger partial charge in [0.2, 0.25) is 0 Å². The molecule has 0 amide bonds. The summed E-state index contributed by atoms with van der Waals surface area (Å²) in [7, 11) is 1.58. The molecule has 0 aromatic heterocycles. The number of methoxy groups -OCH3 is 1. The lowest BCUT2D eigenvalue weighted by molar-refractivity contribution is -0.274. The van der Waals surface area contributed by atoms with Crippen LogP contribution in [0, 0.1) is 0 Å². The lowest BCUT2D eigenvalue weighted by atomic mass is 10.2. The average Bonchev–Trinajstić information content (AvgIpc) is 2.63. The zero-order valence-electron chi connectivity index (χ0n) is 15.0. The van der Waals surface area contributed by atoms with Crippen molar-refractivity contribution in [2.45, 2.75) is 12.9 Å². The first-order valence-electron chi connectivity index (χ1n) is 8.01. The summed E-state index contributed by atoms with van der Waals surface area (Å²) >= 11 is 0. The number of nitrogens with zero attached hydrogens (tertiary/aromatic N) is 1. The Balaban J connectivity index is 0.00000392. The van der Waals surface area contributed by atoms with Crippen LogP contribution in [0.1, 0.15) is 5.56 Å². The van der Waals surface area contributed by atoms with Crippen molar-refractivity contribution in [1.29, 1.82) is 0 Å². The summed E-state index contributed by atoms with van der Waals surface area (Å²) in [5.74, 6) is 1.30. The molecule has 0 fully saturated rings. The van der Waals surface area contributed by atoms with Gasteiger partial charge in [0.05, 0.1) is 20.2 Å². The molecule has 0 aliphatic heterocycles. The fraction of sp³-hybridized carbons (Fsp3) is 0.278. The molecule has 154 valence electrons. The normalized spacial score (nSPS) is 11.4. The highest BCUT2D eigenvalue weighted by Gasteiger charge is 2.30. The Bertz CT molecular complexity index is 756. The molecule has 0 saturated heterocycles. The van der Waals surface area contributed by atoms with E-state index in [4.69, 9.17) is 15.2 Å². The Labute approximate surface area is 177 Å². The molecule has 2 aromatic rings. The number of halogens is 4. The molecule has 0 unspecified atom stereocenters. The van der Waals surface area contributed by atoms with E-state index in [1.165, 1.54) is 24.3 Å². The minimum atomic E-state index is -4.71. The second kappa shape index (κ2) is 11.5. The van der Waals surface area contributed by atoms with Crippen molar-refractivity contribution in [3.8, 4) is 17.2 Å². The number of hydrogen-bond acceptors (Lipinski definition) is 4. The van der Waals surface area contributed by atoms with E-state index in [9.17, 15) is 13.2 Å². The van der Waals surface area contributed by atoms with Gasteiger partial charge >= 0.3 is 6.36 Å². The SMILES string of the molecule is COc1cccc(OCCNC(N)=NCc2ccc(OC(F)(F)F)cc2)c1.I. The molecule has 0 spiro atoms. The van der Waals surface area contributed by atoms with Gasteiger partial charge in [0.25, 0.3) is 0 Å². The predicted molar refractivity (Wildman–Crippen MR) is 110 cm³/mol. The first-order chi connectivity index (χ1) is 12.9. The number of nitrogens with one attached hydrogen (secondary N) is 1. The van der Waals surface area contributed by atoms with Crippen LogP contribution < -0.4 is 25.3 Å². The summed E-state index contributed by atoms with van der Waals surface area (Å²) in [6, 6.07) is 12.6. The maximum atomic E-state index is 12.1. The lowest BCUT2D eigenvalue weighted by Crippen LogP contribution is -2.34. The second-order valence-electron chi connectivity index (χ2n) is 5.35. The van der Waals surface area contributed by atoms with Crippen LogP contribution in [0.5, 0.6) is 17.2 Å². The monoisotopic (exact) mass is 511 g/mol. The van der Waals surface area contributed by atoms with Gasteiger partial charge in [0, 0.05) is 6.07 Å². The predicted octanol–water partition coefficient (Wildman–Crippen LogP) is 3.70. The molecular formula is C18H21F3IN3O3. The molecule has 0 radical (unpaired) electrons. The average molecular weight is 511 g/mol. The number of alkyl halides is 3. The highest BCUT2D eigenvalue weighted by molar-refractivity contribution is 14.0. The van der Waals surface area contributed by atoms with E-state index < -0.39 is 6.36 Å². The van der Waals surface area contributed by atoms with Crippen LogP contribution in [0.25, 0.3) is 0 Å². The third-order valence-corrected chi connectivity index (χ3v) is 3.31. The fourth-order valence-electron chi connectivity index (χ4n) is 2.07. The highest BCUT2D eigenvalue weighted by Crippen LogP contribution is 2.23. The van der Waals surface area contributed by atoms with Crippen LogP contribution in [0.2, 0.25) is 0 Å². The standard InChI is InChI=1S/C18H20F3N3O3.HI/c1-25-15-3-2-4-16(11-15)26-10-9-23-17(22)24-12-13-5-7-14(8-6-13)27-18(19,20)21;/h2-8,11H,9-10,12H2,1H3,(H3,22,23,24);1H. The first-order valence-corrected chi connectivity index (χ1v) is 8.01. The van der Waals surface area contributed by atoms with Crippen molar-refractivity contribution in [2.75, 3.05) is 20.3 Å². The summed E-state index contributed by atoms with van der Waals surface area (Å²) in [4.78, 5) is 4.12. The van der Waals surface area contributed by atoms with Crippen LogP contribution in [0.3, 0.4) is 0 Å². The van der Waals surface area contributed by atoms with Gasteiger partial charge < -0.3 is 25.3 Å². The molecule has 0 aliphatic rings. The van der Waals surface area contributed by atoms with Crippen molar-refractivity contribution in [1.82, 2.24) is 5.32 Å². The number of hydrogen-bond donors (Lipinski definition) is 2. The zero-order chi connectivity index (χ0) is 19.7. The Kier molecular flexibility index (Phi) is 9.69. The minimum Gasteiger partial charge on any atom is -0.497 e. The molecule has 28 heavy (non-hydrogen) atoms. The quantitative estimate of drug-likeness (QED) is 0.245. The Morgan fingerprint density at radius 2 is 1.75 bits per heavy atom. The van der Waals surface area contributed by atoms with Crippen LogP contribution >= 0.6 is 24.0 Å². The van der Waals surface area contributed by atoms with Crippen molar-refractivity contribution in [2.24, 2.45) is 10.7 Å². The third-order valence-electron chi connectivity index (χ3n) is 3.31. The van der Waals surface area contributed by atoms with Crippen molar-refractivity contribution in [3.63, 3.8) is 0 Å². The van der Waals surface area contributed by atoms with Gasteiger partial charge in [-0.1, -0.05) is 18.2 Å². The molecule has 10 heteroatoms. The van der Waals surface area contributed by atoms with Crippen molar-refractivity contribution in [3.05, 3.63) is 54.1 Å². The van der Waals surface area contributed by atoms with Gasteiger partial charge in [0.15, 0.2) is 5.96 Å². The fourth-order valence-corrected chi connectivity index (χ4v) is 2.07. The van der Waals surface area contributed by atoms with Crippen LogP contribution in [-0.4, -0.2) is 32.6 Å². The molecular weight excluding hydrogens is 490 g/mol. The minimum absolute atomic E-state index is 0. The summed E-state index contributed by atoms with van der Waals surface area (Å²) in [6.45, 7) is 1.03.